The van der Waals surface area contributed by atoms with E-state index in [0.717, 1.165) is 19.1 Å². The molecule has 0 aromatic heterocycles. The highest BCUT2D eigenvalue weighted by Gasteiger charge is 2.27. The molecule has 0 aromatic carbocycles. The molecule has 3 heteroatoms. The Balaban J connectivity index is 1.60. The summed E-state index contributed by atoms with van der Waals surface area (Å²) in [7, 11) is 2.20. The van der Waals surface area contributed by atoms with Crippen molar-refractivity contribution < 1.29 is 4.74 Å². The molecule has 0 spiro atoms. The third kappa shape index (κ3) is 2.69. The SMILES string of the molecule is CN(CC1CC(N)C1)CC1CCCO1. The highest BCUT2D eigenvalue weighted by Crippen LogP contribution is 2.26. The molecular weight excluding hydrogens is 176 g/mol. The second-order valence-corrected chi connectivity index (χ2v) is 4.95. The first-order chi connectivity index (χ1) is 6.74. The smallest absolute Gasteiger partial charge is 0.0702 e. The van der Waals surface area contributed by atoms with Crippen molar-refractivity contribution in [2.75, 3.05) is 26.7 Å². The zero-order chi connectivity index (χ0) is 9.97. The molecule has 14 heavy (non-hydrogen) atoms. The maximum absolute atomic E-state index is 5.76. The highest BCUT2D eigenvalue weighted by molar-refractivity contribution is 4.84. The van der Waals surface area contributed by atoms with Crippen LogP contribution in [0.1, 0.15) is 25.7 Å². The van der Waals surface area contributed by atoms with Crippen molar-refractivity contribution in [3.8, 4) is 0 Å². The van der Waals surface area contributed by atoms with Crippen molar-refractivity contribution in [3.05, 3.63) is 0 Å². The lowest BCUT2D eigenvalue weighted by molar-refractivity contribution is 0.0693. The summed E-state index contributed by atoms with van der Waals surface area (Å²) in [5.74, 6) is 0.844. The lowest BCUT2D eigenvalue weighted by atomic mass is 9.80. The zero-order valence-electron chi connectivity index (χ0n) is 9.11. The predicted molar refractivity (Wildman–Crippen MR) is 57.2 cm³/mol. The standard InChI is InChI=1S/C11H22N2O/c1-13(7-9-5-10(12)6-9)8-11-3-2-4-14-11/h9-11H,2-8,12H2,1H3. The van der Waals surface area contributed by atoms with Crippen LogP contribution in [-0.2, 0) is 4.74 Å². The lowest BCUT2D eigenvalue weighted by Crippen LogP contribution is -2.43. The lowest BCUT2D eigenvalue weighted by Gasteiger charge is -2.35. The number of likely N-dealkylation sites (N-methyl/N-ethyl adjacent to an activating group) is 1. The van der Waals surface area contributed by atoms with Crippen LogP contribution in [0.5, 0.6) is 0 Å². The Hall–Kier alpha value is -0.120. The first kappa shape index (κ1) is 10.4. The minimum atomic E-state index is 0.483. The van der Waals surface area contributed by atoms with Crippen LogP contribution in [0, 0.1) is 5.92 Å². The van der Waals surface area contributed by atoms with Gasteiger partial charge in [0.05, 0.1) is 6.10 Å². The van der Waals surface area contributed by atoms with Crippen molar-refractivity contribution in [1.82, 2.24) is 4.90 Å². The minimum Gasteiger partial charge on any atom is -0.377 e. The van der Waals surface area contributed by atoms with Crippen LogP contribution in [0.2, 0.25) is 0 Å². The van der Waals surface area contributed by atoms with Crippen molar-refractivity contribution in [3.63, 3.8) is 0 Å². The molecule has 0 radical (unpaired) electrons. The van der Waals surface area contributed by atoms with Gasteiger partial charge in [0.15, 0.2) is 0 Å². The molecule has 1 saturated heterocycles. The molecule has 82 valence electrons. The van der Waals surface area contributed by atoms with E-state index in [0.29, 0.717) is 12.1 Å². The van der Waals surface area contributed by atoms with Gasteiger partial charge in [-0.15, -0.1) is 0 Å². The van der Waals surface area contributed by atoms with E-state index in [4.69, 9.17) is 10.5 Å². The number of rotatable bonds is 4. The summed E-state index contributed by atoms with van der Waals surface area (Å²) in [6.45, 7) is 3.27. The molecule has 1 aliphatic heterocycles. The molecule has 1 aliphatic carbocycles. The van der Waals surface area contributed by atoms with E-state index >= 15 is 0 Å². The molecule has 1 heterocycles. The zero-order valence-corrected chi connectivity index (χ0v) is 9.11. The normalized spacial score (nSPS) is 37.5. The van der Waals surface area contributed by atoms with Gasteiger partial charge in [0.2, 0.25) is 0 Å². The number of nitrogens with zero attached hydrogens (tertiary/aromatic N) is 1. The van der Waals surface area contributed by atoms with Gasteiger partial charge in [-0.1, -0.05) is 0 Å². The predicted octanol–water partition coefficient (Wildman–Crippen LogP) is 0.834. The Labute approximate surface area is 86.6 Å². The highest BCUT2D eigenvalue weighted by atomic mass is 16.5. The van der Waals surface area contributed by atoms with Crippen LogP contribution in [0.15, 0.2) is 0 Å². The molecule has 0 amide bonds. The van der Waals surface area contributed by atoms with Gasteiger partial charge in [-0.3, -0.25) is 0 Å². The number of nitrogens with two attached hydrogens (primary N) is 1. The van der Waals surface area contributed by atoms with E-state index in [1.54, 1.807) is 0 Å². The Morgan fingerprint density at radius 1 is 1.36 bits per heavy atom. The second kappa shape index (κ2) is 4.60. The molecule has 2 N–H and O–H groups in total. The van der Waals surface area contributed by atoms with Crippen LogP contribution in [0.4, 0.5) is 0 Å². The topological polar surface area (TPSA) is 38.5 Å². The molecule has 2 rings (SSSR count). The van der Waals surface area contributed by atoms with Crippen LogP contribution in [-0.4, -0.2) is 43.8 Å². The summed E-state index contributed by atoms with van der Waals surface area (Å²) in [4.78, 5) is 2.41. The van der Waals surface area contributed by atoms with Crippen LogP contribution >= 0.6 is 0 Å². The first-order valence-electron chi connectivity index (χ1n) is 5.80. The van der Waals surface area contributed by atoms with E-state index in [1.165, 1.54) is 32.2 Å². The van der Waals surface area contributed by atoms with Crippen LogP contribution < -0.4 is 5.73 Å². The summed E-state index contributed by atoms with van der Waals surface area (Å²) in [5, 5.41) is 0. The van der Waals surface area contributed by atoms with Gasteiger partial charge in [0.25, 0.3) is 0 Å². The third-order valence-corrected chi connectivity index (χ3v) is 3.38. The van der Waals surface area contributed by atoms with E-state index in [9.17, 15) is 0 Å². The average molecular weight is 198 g/mol. The molecule has 1 saturated carbocycles. The summed E-state index contributed by atoms with van der Waals surface area (Å²) >= 11 is 0. The van der Waals surface area contributed by atoms with Crippen LogP contribution in [0.25, 0.3) is 0 Å². The third-order valence-electron chi connectivity index (χ3n) is 3.38. The van der Waals surface area contributed by atoms with Gasteiger partial charge in [-0.25, -0.2) is 0 Å². The minimum absolute atomic E-state index is 0.483. The Morgan fingerprint density at radius 2 is 2.14 bits per heavy atom. The summed E-state index contributed by atoms with van der Waals surface area (Å²) in [6.07, 6.45) is 5.42. The maximum atomic E-state index is 5.76. The molecule has 0 aromatic rings. The molecule has 3 nitrogen and oxygen atoms in total. The first-order valence-corrected chi connectivity index (χ1v) is 5.80. The van der Waals surface area contributed by atoms with Crippen molar-refractivity contribution in [1.29, 1.82) is 0 Å². The fourth-order valence-electron chi connectivity index (χ4n) is 2.59. The van der Waals surface area contributed by atoms with Crippen molar-refractivity contribution in [2.24, 2.45) is 11.7 Å². The van der Waals surface area contributed by atoms with Crippen molar-refractivity contribution in [2.45, 2.75) is 37.8 Å². The molecule has 2 fully saturated rings. The van der Waals surface area contributed by atoms with Gasteiger partial charge in [-0.05, 0) is 38.6 Å². The summed E-state index contributed by atoms with van der Waals surface area (Å²) in [5.41, 5.74) is 5.76. The molecule has 2 aliphatic rings. The van der Waals surface area contributed by atoms with Gasteiger partial charge in [-0.2, -0.15) is 0 Å². The van der Waals surface area contributed by atoms with Crippen LogP contribution in [0.3, 0.4) is 0 Å². The maximum Gasteiger partial charge on any atom is 0.0702 e. The fourth-order valence-corrected chi connectivity index (χ4v) is 2.59. The molecule has 1 atom stereocenters. The fraction of sp³-hybridized carbons (Fsp3) is 1.00. The Bertz CT molecular complexity index is 174. The number of ether oxygens (including phenoxy) is 1. The quantitative estimate of drug-likeness (QED) is 0.727. The van der Waals surface area contributed by atoms with Gasteiger partial charge in [0.1, 0.15) is 0 Å². The summed E-state index contributed by atoms with van der Waals surface area (Å²) in [6, 6.07) is 0.483. The van der Waals surface area contributed by atoms with E-state index < -0.39 is 0 Å². The largest absolute Gasteiger partial charge is 0.377 e. The van der Waals surface area contributed by atoms with Crippen molar-refractivity contribution >= 4 is 0 Å². The molecular formula is C11H22N2O. The number of hydrogen-bond acceptors (Lipinski definition) is 3. The van der Waals surface area contributed by atoms with E-state index in [2.05, 4.69) is 11.9 Å². The van der Waals surface area contributed by atoms with E-state index in [1.807, 2.05) is 0 Å². The summed E-state index contributed by atoms with van der Waals surface area (Å²) < 4.78 is 5.61. The Kier molecular flexibility index (Phi) is 3.42. The Morgan fingerprint density at radius 3 is 2.71 bits per heavy atom. The molecule has 1 unspecified atom stereocenters. The monoisotopic (exact) mass is 198 g/mol. The van der Waals surface area contributed by atoms with E-state index in [-0.39, 0.29) is 0 Å². The van der Waals surface area contributed by atoms with Gasteiger partial charge in [0, 0.05) is 25.7 Å². The van der Waals surface area contributed by atoms with Gasteiger partial charge >= 0.3 is 0 Å². The average Bonchev–Trinajstić information content (AvgIpc) is 2.54. The second-order valence-electron chi connectivity index (χ2n) is 4.95. The number of hydrogen-bond donors (Lipinski definition) is 1. The molecule has 0 bridgehead atoms. The van der Waals surface area contributed by atoms with Gasteiger partial charge < -0.3 is 15.4 Å².